The van der Waals surface area contributed by atoms with Crippen molar-refractivity contribution in [2.45, 2.75) is 122 Å². The largest absolute Gasteiger partial charge is 0.480 e. The zero-order valence-corrected chi connectivity index (χ0v) is 31.6. The van der Waals surface area contributed by atoms with Crippen molar-refractivity contribution in [1.82, 2.24) is 14.5 Å². The Morgan fingerprint density at radius 2 is 1.31 bits per heavy atom. The third-order valence-electron chi connectivity index (χ3n) is 7.50. The normalized spacial score (nSPS) is 18.1. The molecule has 0 spiro atoms. The summed E-state index contributed by atoms with van der Waals surface area (Å²) in [5.41, 5.74) is -1.36. The number of carboxylic acids is 1. The molecule has 2 aromatic carbocycles. The Morgan fingerprint density at radius 3 is 1.80 bits per heavy atom. The summed E-state index contributed by atoms with van der Waals surface area (Å²) in [4.78, 5) is 50.5. The van der Waals surface area contributed by atoms with E-state index in [0.29, 0.717) is 43.5 Å². The number of carboxylic acid groups (broad SMARTS) is 1. The zero-order valence-electron chi connectivity index (χ0n) is 30.8. The molecule has 2 unspecified atom stereocenters. The molecular weight excluding hydrogens is 683 g/mol. The first-order chi connectivity index (χ1) is 23.4. The van der Waals surface area contributed by atoms with Crippen LogP contribution in [0.25, 0.3) is 11.1 Å². The number of rotatable bonds is 6. The van der Waals surface area contributed by atoms with E-state index in [0.717, 1.165) is 6.42 Å². The van der Waals surface area contributed by atoms with Gasteiger partial charge in [-0.05, 0) is 112 Å². The highest BCUT2D eigenvalue weighted by Crippen LogP contribution is 2.31. The predicted octanol–water partition coefficient (Wildman–Crippen LogP) is 6.38. The quantitative estimate of drug-likeness (QED) is 0.305. The van der Waals surface area contributed by atoms with Crippen molar-refractivity contribution in [3.63, 3.8) is 0 Å². The molecule has 0 bridgehead atoms. The summed E-state index contributed by atoms with van der Waals surface area (Å²) in [6, 6.07) is 8.95. The molecule has 0 aliphatic carbocycles. The molecule has 0 radical (unpaired) electrons. The van der Waals surface area contributed by atoms with Gasteiger partial charge in [-0.15, -0.1) is 0 Å². The van der Waals surface area contributed by atoms with Gasteiger partial charge in [-0.25, -0.2) is 31.9 Å². The van der Waals surface area contributed by atoms with Crippen molar-refractivity contribution in [3.8, 4) is 11.1 Å². The van der Waals surface area contributed by atoms with E-state index >= 15 is 4.39 Å². The number of halogens is 1. The average Bonchev–Trinajstić information content (AvgIpc) is 3.67. The minimum atomic E-state index is -3.87. The number of aliphatic carboxylic acids is 1. The van der Waals surface area contributed by atoms with Crippen LogP contribution in [0.1, 0.15) is 88.0 Å². The molecule has 2 aliphatic heterocycles. The lowest BCUT2D eigenvalue weighted by atomic mass is 10.0. The fourth-order valence-corrected chi connectivity index (χ4v) is 7.19. The molecule has 2 fully saturated rings. The maximum atomic E-state index is 15.1. The van der Waals surface area contributed by atoms with E-state index in [1.807, 2.05) is 0 Å². The lowest BCUT2D eigenvalue weighted by molar-refractivity contribution is -0.142. The molecule has 2 heterocycles. The average molecular weight is 735 g/mol. The minimum absolute atomic E-state index is 0.0232. The second-order valence-electron chi connectivity index (χ2n) is 15.5. The van der Waals surface area contributed by atoms with Gasteiger partial charge in [-0.1, -0.05) is 24.3 Å². The van der Waals surface area contributed by atoms with E-state index in [1.165, 1.54) is 28.0 Å². The molecule has 2 aromatic rings. The molecule has 2 atom stereocenters. The van der Waals surface area contributed by atoms with Crippen molar-refractivity contribution in [2.75, 3.05) is 18.4 Å². The summed E-state index contributed by atoms with van der Waals surface area (Å²) in [5.74, 6) is -2.20. The van der Waals surface area contributed by atoms with Gasteiger partial charge in [-0.2, -0.15) is 0 Å². The highest BCUT2D eigenvalue weighted by Gasteiger charge is 2.38. The van der Waals surface area contributed by atoms with Gasteiger partial charge in [-0.3, -0.25) is 14.6 Å². The summed E-state index contributed by atoms with van der Waals surface area (Å²) >= 11 is 0. The first-order valence-electron chi connectivity index (χ1n) is 16.8. The fourth-order valence-electron chi connectivity index (χ4n) is 5.54. The predicted molar refractivity (Wildman–Crippen MR) is 190 cm³/mol. The molecular formula is C36H51FN4O9S. The number of hydrogen-bond donors (Lipinski definition) is 3. The summed E-state index contributed by atoms with van der Waals surface area (Å²) < 4.78 is 54.1. The molecule has 4 rings (SSSR count). The number of benzene rings is 2. The van der Waals surface area contributed by atoms with E-state index in [1.54, 1.807) is 86.6 Å². The Kier molecular flexibility index (Phi) is 12.9. The molecule has 2 aliphatic rings. The molecule has 2 saturated heterocycles. The van der Waals surface area contributed by atoms with E-state index in [4.69, 9.17) is 14.6 Å². The second-order valence-corrected chi connectivity index (χ2v) is 17.2. The van der Waals surface area contributed by atoms with Crippen LogP contribution < -0.4 is 10.0 Å². The van der Waals surface area contributed by atoms with E-state index in [9.17, 15) is 27.6 Å². The van der Waals surface area contributed by atoms with Crippen molar-refractivity contribution in [2.24, 2.45) is 0 Å². The summed E-state index contributed by atoms with van der Waals surface area (Å²) in [6.07, 6.45) is 1.18. The van der Waals surface area contributed by atoms with Gasteiger partial charge in [0.15, 0.2) is 0 Å². The number of carbonyl (C=O) groups is 4. The number of sulfonamides is 1. The smallest absolute Gasteiger partial charge is 0.411 e. The first-order valence-corrected chi connectivity index (χ1v) is 18.3. The Bertz CT molecular complexity index is 1710. The van der Waals surface area contributed by atoms with Gasteiger partial charge in [0, 0.05) is 24.2 Å². The molecule has 0 aromatic heterocycles. The fraction of sp³-hybridized carbons (Fsp3) is 0.556. The van der Waals surface area contributed by atoms with Gasteiger partial charge in [0.2, 0.25) is 15.9 Å². The Balaban J connectivity index is 0.000000391. The Hall–Kier alpha value is -4.24. The van der Waals surface area contributed by atoms with E-state index in [-0.39, 0.29) is 10.6 Å². The Morgan fingerprint density at radius 1 is 0.804 bits per heavy atom. The number of anilines is 1. The highest BCUT2D eigenvalue weighted by atomic mass is 32.2. The SMILES string of the molecule is CC(C)(C)NS(=O)(=O)c1ccccc1-c1ccc(NC(=O)C2CCCN2C(=O)OC(C)(C)C)c(F)c1.CC(C)(C)OC(=O)N1CCCC1C(=O)O. The molecule has 282 valence electrons. The number of nitrogens with one attached hydrogen (secondary N) is 2. The molecule has 51 heavy (non-hydrogen) atoms. The number of amides is 3. The van der Waals surface area contributed by atoms with Crippen LogP contribution in [-0.4, -0.2) is 89.3 Å². The molecule has 0 saturated carbocycles. The second kappa shape index (κ2) is 16.0. The van der Waals surface area contributed by atoms with Crippen LogP contribution in [-0.2, 0) is 29.1 Å². The first kappa shape index (κ1) is 41.2. The Labute approximate surface area is 299 Å². The van der Waals surface area contributed by atoms with Crippen molar-refractivity contribution < 1.29 is 46.6 Å². The topological polar surface area (TPSA) is 172 Å². The van der Waals surface area contributed by atoms with Crippen LogP contribution in [0.3, 0.4) is 0 Å². The summed E-state index contributed by atoms with van der Waals surface area (Å²) in [6.45, 7) is 16.6. The number of hydrogen-bond acceptors (Lipinski definition) is 8. The summed E-state index contributed by atoms with van der Waals surface area (Å²) in [7, 11) is -3.87. The van der Waals surface area contributed by atoms with E-state index in [2.05, 4.69) is 10.0 Å². The van der Waals surface area contributed by atoms with Gasteiger partial charge >= 0.3 is 18.2 Å². The van der Waals surface area contributed by atoms with Crippen molar-refractivity contribution in [1.29, 1.82) is 0 Å². The van der Waals surface area contributed by atoms with Gasteiger partial charge in [0.25, 0.3) is 0 Å². The highest BCUT2D eigenvalue weighted by molar-refractivity contribution is 7.89. The van der Waals surface area contributed by atoms with Gasteiger partial charge in [0.05, 0.1) is 10.6 Å². The number of likely N-dealkylation sites (tertiary alicyclic amines) is 2. The lowest BCUT2D eigenvalue weighted by Crippen LogP contribution is -2.45. The summed E-state index contributed by atoms with van der Waals surface area (Å²) in [5, 5.41) is 11.4. The van der Waals surface area contributed by atoms with Gasteiger partial charge in [0.1, 0.15) is 29.1 Å². The zero-order chi connectivity index (χ0) is 38.5. The third kappa shape index (κ3) is 11.9. The maximum Gasteiger partial charge on any atom is 0.411 e. The van der Waals surface area contributed by atoms with Crippen LogP contribution in [0.5, 0.6) is 0 Å². The molecule has 13 nitrogen and oxygen atoms in total. The van der Waals surface area contributed by atoms with Crippen molar-refractivity contribution >= 4 is 39.8 Å². The molecule has 3 N–H and O–H groups in total. The van der Waals surface area contributed by atoms with Crippen LogP contribution in [0.2, 0.25) is 0 Å². The maximum absolute atomic E-state index is 15.1. The lowest BCUT2D eigenvalue weighted by Gasteiger charge is -2.28. The number of carbonyl (C=O) groups excluding carboxylic acids is 3. The standard InChI is InChI=1S/C26H34FN3O5S.C10H17NO4/c1-25(2,3)29-36(33,34)22-12-8-7-10-18(22)17-13-14-20(19(27)16-17)28-23(31)21-11-9-15-30(21)24(32)35-26(4,5)6;1-10(2,3)15-9(14)11-6-4-5-7(11)8(12)13/h7-8,10,12-14,16,21,29H,9,11,15H2,1-6H3,(H,28,31);7H,4-6H2,1-3H3,(H,12,13). The molecule has 3 amide bonds. The van der Waals surface area contributed by atoms with Crippen LogP contribution in [0.15, 0.2) is 47.4 Å². The van der Waals surface area contributed by atoms with Gasteiger partial charge < -0.3 is 19.9 Å². The monoisotopic (exact) mass is 734 g/mol. The van der Waals surface area contributed by atoms with Crippen LogP contribution >= 0.6 is 0 Å². The van der Waals surface area contributed by atoms with Crippen LogP contribution in [0, 0.1) is 5.82 Å². The van der Waals surface area contributed by atoms with Crippen molar-refractivity contribution in [3.05, 3.63) is 48.3 Å². The number of nitrogens with zero attached hydrogens (tertiary/aromatic N) is 2. The number of ether oxygens (including phenoxy) is 2. The minimum Gasteiger partial charge on any atom is -0.480 e. The van der Waals surface area contributed by atoms with Crippen LogP contribution in [0.4, 0.5) is 19.7 Å². The molecule has 15 heteroatoms. The van der Waals surface area contributed by atoms with E-state index < -0.39 is 68.7 Å². The third-order valence-corrected chi connectivity index (χ3v) is 9.32.